The van der Waals surface area contributed by atoms with Crippen LogP contribution in [0.4, 0.5) is 0 Å². The van der Waals surface area contributed by atoms with Gasteiger partial charge in [0.1, 0.15) is 5.75 Å². The monoisotopic (exact) mass is 290 g/mol. The van der Waals surface area contributed by atoms with Crippen LogP contribution in [0.3, 0.4) is 0 Å². The molecule has 1 saturated carbocycles. The molecule has 0 radical (unpaired) electrons. The van der Waals surface area contributed by atoms with Gasteiger partial charge in [0.25, 0.3) is 0 Å². The summed E-state index contributed by atoms with van der Waals surface area (Å²) in [5.74, 6) is 0.929. The molecule has 1 saturated heterocycles. The Morgan fingerprint density at radius 2 is 2.14 bits per heavy atom. The van der Waals surface area contributed by atoms with Crippen LogP contribution in [0.5, 0.6) is 5.75 Å². The molecule has 1 heterocycles. The van der Waals surface area contributed by atoms with Gasteiger partial charge in [-0.2, -0.15) is 0 Å². The maximum absolute atomic E-state index is 12.3. The first-order valence-corrected chi connectivity index (χ1v) is 7.47. The van der Waals surface area contributed by atoms with E-state index in [9.17, 15) is 4.79 Å². The van der Waals surface area contributed by atoms with Gasteiger partial charge in [-0.1, -0.05) is 12.1 Å². The van der Waals surface area contributed by atoms with Crippen LogP contribution in [-0.2, 0) is 15.1 Å². The lowest BCUT2D eigenvalue weighted by molar-refractivity contribution is -0.124. The molecule has 1 N–H and O–H groups in total. The smallest absolute Gasteiger partial charge is 0.234 e. The van der Waals surface area contributed by atoms with Crippen LogP contribution in [0.1, 0.15) is 18.4 Å². The fraction of sp³-hybridized carbons (Fsp3) is 0.562. The highest BCUT2D eigenvalue weighted by Crippen LogP contribution is 2.46. The number of rotatable bonds is 5. The molecule has 0 aromatic heterocycles. The van der Waals surface area contributed by atoms with Crippen molar-refractivity contribution in [3.05, 3.63) is 29.8 Å². The molecule has 0 atom stereocenters. The minimum Gasteiger partial charge on any atom is -0.497 e. The highest BCUT2D eigenvalue weighted by molar-refractivity contribution is 5.79. The SMILES string of the molecule is COc1cccc(C2(NC(=O)CN3CCOCC3)CC2)c1. The summed E-state index contributed by atoms with van der Waals surface area (Å²) in [4.78, 5) is 14.4. The second kappa shape index (κ2) is 6.03. The van der Waals surface area contributed by atoms with E-state index in [-0.39, 0.29) is 11.4 Å². The lowest BCUT2D eigenvalue weighted by atomic mass is 10.0. The van der Waals surface area contributed by atoms with Gasteiger partial charge in [0, 0.05) is 13.1 Å². The first kappa shape index (κ1) is 14.4. The maximum Gasteiger partial charge on any atom is 0.234 e. The lowest BCUT2D eigenvalue weighted by Crippen LogP contribution is -2.45. The van der Waals surface area contributed by atoms with Crippen molar-refractivity contribution in [1.82, 2.24) is 10.2 Å². The van der Waals surface area contributed by atoms with Gasteiger partial charge < -0.3 is 14.8 Å². The van der Waals surface area contributed by atoms with Gasteiger partial charge in [-0.15, -0.1) is 0 Å². The van der Waals surface area contributed by atoms with Crippen molar-refractivity contribution in [1.29, 1.82) is 0 Å². The van der Waals surface area contributed by atoms with Crippen molar-refractivity contribution in [3.8, 4) is 5.75 Å². The highest BCUT2D eigenvalue weighted by Gasteiger charge is 2.45. The summed E-state index contributed by atoms with van der Waals surface area (Å²) in [6.07, 6.45) is 1.99. The van der Waals surface area contributed by atoms with Crippen LogP contribution < -0.4 is 10.1 Å². The van der Waals surface area contributed by atoms with Gasteiger partial charge in [-0.05, 0) is 30.5 Å². The van der Waals surface area contributed by atoms with E-state index < -0.39 is 0 Å². The van der Waals surface area contributed by atoms with Crippen molar-refractivity contribution >= 4 is 5.91 Å². The third-order valence-electron chi connectivity index (χ3n) is 4.22. The topological polar surface area (TPSA) is 50.8 Å². The van der Waals surface area contributed by atoms with Crippen molar-refractivity contribution in [2.24, 2.45) is 0 Å². The van der Waals surface area contributed by atoms with E-state index in [0.29, 0.717) is 19.8 Å². The van der Waals surface area contributed by atoms with Gasteiger partial charge in [0.15, 0.2) is 0 Å². The van der Waals surface area contributed by atoms with Crippen LogP contribution in [-0.4, -0.2) is 50.8 Å². The van der Waals surface area contributed by atoms with Crippen LogP contribution >= 0.6 is 0 Å². The highest BCUT2D eigenvalue weighted by atomic mass is 16.5. The summed E-state index contributed by atoms with van der Waals surface area (Å²) in [6.45, 7) is 3.55. The Kier molecular flexibility index (Phi) is 4.12. The number of ether oxygens (including phenoxy) is 2. The van der Waals surface area contributed by atoms with Gasteiger partial charge in [-0.25, -0.2) is 0 Å². The van der Waals surface area contributed by atoms with Crippen LogP contribution in [0.2, 0.25) is 0 Å². The molecule has 3 rings (SSSR count). The Hall–Kier alpha value is -1.59. The first-order valence-electron chi connectivity index (χ1n) is 7.47. The third-order valence-corrected chi connectivity index (χ3v) is 4.22. The quantitative estimate of drug-likeness (QED) is 0.883. The van der Waals surface area contributed by atoms with Crippen molar-refractivity contribution < 1.29 is 14.3 Å². The summed E-state index contributed by atoms with van der Waals surface area (Å²) in [5, 5.41) is 3.21. The zero-order valence-electron chi connectivity index (χ0n) is 12.4. The van der Waals surface area contributed by atoms with Crippen molar-refractivity contribution in [3.63, 3.8) is 0 Å². The summed E-state index contributed by atoms with van der Waals surface area (Å²) in [7, 11) is 1.66. The number of benzene rings is 1. The van der Waals surface area contributed by atoms with E-state index in [2.05, 4.69) is 16.3 Å². The molecule has 1 aromatic carbocycles. The van der Waals surface area contributed by atoms with Crippen molar-refractivity contribution in [2.45, 2.75) is 18.4 Å². The minimum atomic E-state index is -0.183. The van der Waals surface area contributed by atoms with E-state index in [1.54, 1.807) is 7.11 Å². The number of nitrogens with zero attached hydrogens (tertiary/aromatic N) is 1. The molecule has 5 heteroatoms. The number of hydrogen-bond donors (Lipinski definition) is 1. The van der Waals surface area contributed by atoms with E-state index in [4.69, 9.17) is 9.47 Å². The van der Waals surface area contributed by atoms with E-state index in [0.717, 1.165) is 37.2 Å². The number of nitrogens with one attached hydrogen (secondary N) is 1. The molecule has 0 spiro atoms. The average Bonchev–Trinajstić information content (AvgIpc) is 3.29. The van der Waals surface area contributed by atoms with Gasteiger partial charge in [-0.3, -0.25) is 9.69 Å². The van der Waals surface area contributed by atoms with Crippen molar-refractivity contribution in [2.75, 3.05) is 40.0 Å². The predicted molar refractivity (Wildman–Crippen MR) is 79.3 cm³/mol. The van der Waals surface area contributed by atoms with Crippen LogP contribution in [0.15, 0.2) is 24.3 Å². The molecule has 114 valence electrons. The Morgan fingerprint density at radius 3 is 2.81 bits per heavy atom. The number of amides is 1. The summed E-state index contributed by atoms with van der Waals surface area (Å²) in [5.41, 5.74) is 0.954. The Bertz CT molecular complexity index is 508. The molecule has 1 aliphatic heterocycles. The lowest BCUT2D eigenvalue weighted by Gasteiger charge is -2.27. The second-order valence-corrected chi connectivity index (χ2v) is 5.75. The first-order chi connectivity index (χ1) is 10.2. The zero-order valence-corrected chi connectivity index (χ0v) is 12.4. The van der Waals surface area contributed by atoms with Gasteiger partial charge in [0.05, 0.1) is 32.4 Å². The minimum absolute atomic E-state index is 0.0946. The van der Waals surface area contributed by atoms with E-state index in [1.165, 1.54) is 0 Å². The normalized spacial score (nSPS) is 20.8. The number of morpholine rings is 1. The molecule has 5 nitrogen and oxygen atoms in total. The van der Waals surface area contributed by atoms with Gasteiger partial charge >= 0.3 is 0 Å². The molecular weight excluding hydrogens is 268 g/mol. The maximum atomic E-state index is 12.3. The zero-order chi connectivity index (χ0) is 14.7. The largest absolute Gasteiger partial charge is 0.497 e. The molecule has 2 aliphatic rings. The van der Waals surface area contributed by atoms with E-state index in [1.807, 2.05) is 18.2 Å². The molecule has 21 heavy (non-hydrogen) atoms. The fourth-order valence-corrected chi connectivity index (χ4v) is 2.80. The Balaban J connectivity index is 1.61. The van der Waals surface area contributed by atoms with Gasteiger partial charge in [0.2, 0.25) is 5.91 Å². The Labute approximate surface area is 125 Å². The average molecular weight is 290 g/mol. The molecule has 1 aliphatic carbocycles. The third kappa shape index (κ3) is 3.36. The second-order valence-electron chi connectivity index (χ2n) is 5.75. The number of methoxy groups -OCH3 is 1. The standard InChI is InChI=1S/C16H22N2O3/c1-20-14-4-2-3-13(11-14)16(5-6-16)17-15(19)12-18-7-9-21-10-8-18/h2-4,11H,5-10,12H2,1H3,(H,17,19). The number of carbonyl (C=O) groups is 1. The molecule has 0 unspecified atom stereocenters. The summed E-state index contributed by atoms with van der Waals surface area (Å²) >= 11 is 0. The summed E-state index contributed by atoms with van der Waals surface area (Å²) < 4.78 is 10.6. The molecule has 1 amide bonds. The number of hydrogen-bond acceptors (Lipinski definition) is 4. The summed E-state index contributed by atoms with van der Waals surface area (Å²) in [6, 6.07) is 7.98. The van der Waals surface area contributed by atoms with E-state index >= 15 is 0 Å². The molecule has 1 aromatic rings. The Morgan fingerprint density at radius 1 is 1.38 bits per heavy atom. The predicted octanol–water partition coefficient (Wildman–Crippen LogP) is 1.13. The molecule has 0 bridgehead atoms. The fourth-order valence-electron chi connectivity index (χ4n) is 2.80. The number of carbonyl (C=O) groups excluding carboxylic acids is 1. The van der Waals surface area contributed by atoms with Crippen LogP contribution in [0.25, 0.3) is 0 Å². The van der Waals surface area contributed by atoms with Crippen LogP contribution in [0, 0.1) is 0 Å². The molecule has 2 fully saturated rings. The molecular formula is C16H22N2O3.